The van der Waals surface area contributed by atoms with Crippen LogP contribution in [0.15, 0.2) is 30.3 Å². The molecule has 0 radical (unpaired) electrons. The molecule has 4 heteroatoms. The fourth-order valence-electron chi connectivity index (χ4n) is 3.01. The third-order valence-corrected chi connectivity index (χ3v) is 4.16. The summed E-state index contributed by atoms with van der Waals surface area (Å²) in [4.78, 5) is 16.9. The molecule has 1 atom stereocenters. The first kappa shape index (κ1) is 15.8. The van der Waals surface area contributed by atoms with E-state index in [0.717, 1.165) is 45.4 Å². The monoisotopic (exact) mass is 289 g/mol. The van der Waals surface area contributed by atoms with Crippen molar-refractivity contribution in [2.24, 2.45) is 5.73 Å². The van der Waals surface area contributed by atoms with Gasteiger partial charge in [-0.3, -0.25) is 4.79 Å². The second kappa shape index (κ2) is 6.94. The number of amides is 1. The minimum atomic E-state index is -0.726. The maximum Gasteiger partial charge on any atom is 0.242 e. The maximum atomic E-state index is 12.6. The fourth-order valence-corrected chi connectivity index (χ4v) is 3.01. The van der Waals surface area contributed by atoms with E-state index in [-0.39, 0.29) is 5.91 Å². The fraction of sp³-hybridized carbons (Fsp3) is 0.588. The summed E-state index contributed by atoms with van der Waals surface area (Å²) in [7, 11) is 0. The van der Waals surface area contributed by atoms with Crippen molar-refractivity contribution in [1.82, 2.24) is 4.90 Å². The van der Waals surface area contributed by atoms with E-state index in [0.29, 0.717) is 0 Å². The summed E-state index contributed by atoms with van der Waals surface area (Å²) in [6, 6.07) is 10.4. The van der Waals surface area contributed by atoms with E-state index < -0.39 is 5.54 Å². The van der Waals surface area contributed by atoms with Gasteiger partial charge >= 0.3 is 0 Å². The number of nitrogens with zero attached hydrogens (tertiary/aromatic N) is 2. The van der Waals surface area contributed by atoms with Crippen LogP contribution in [-0.4, -0.2) is 42.5 Å². The van der Waals surface area contributed by atoms with Crippen molar-refractivity contribution in [2.75, 3.05) is 31.1 Å². The summed E-state index contributed by atoms with van der Waals surface area (Å²) in [5.41, 5.74) is 6.70. The molecule has 1 aromatic carbocycles. The molecule has 1 saturated heterocycles. The summed E-state index contributed by atoms with van der Waals surface area (Å²) in [6.45, 7) is 7.35. The van der Waals surface area contributed by atoms with Crippen molar-refractivity contribution in [2.45, 2.75) is 38.6 Å². The zero-order valence-corrected chi connectivity index (χ0v) is 13.2. The van der Waals surface area contributed by atoms with Crippen LogP contribution in [0.5, 0.6) is 0 Å². The van der Waals surface area contributed by atoms with Crippen molar-refractivity contribution < 1.29 is 4.79 Å². The normalized spacial score (nSPS) is 19.0. The lowest BCUT2D eigenvalue weighted by atomic mass is 9.95. The number of rotatable bonds is 4. The Morgan fingerprint density at radius 3 is 2.57 bits per heavy atom. The lowest BCUT2D eigenvalue weighted by molar-refractivity contribution is -0.136. The Kier molecular flexibility index (Phi) is 5.23. The minimum Gasteiger partial charge on any atom is -0.370 e. The second-order valence-electron chi connectivity index (χ2n) is 6.14. The van der Waals surface area contributed by atoms with Gasteiger partial charge in [-0.15, -0.1) is 0 Å². The smallest absolute Gasteiger partial charge is 0.242 e. The van der Waals surface area contributed by atoms with Gasteiger partial charge < -0.3 is 15.5 Å². The van der Waals surface area contributed by atoms with Crippen LogP contribution in [0.3, 0.4) is 0 Å². The molecule has 0 spiro atoms. The Bertz CT molecular complexity index is 458. The minimum absolute atomic E-state index is 0.0965. The molecule has 0 saturated carbocycles. The molecule has 1 fully saturated rings. The molecule has 0 aliphatic carbocycles. The van der Waals surface area contributed by atoms with Gasteiger partial charge in [0.05, 0.1) is 5.54 Å². The molecular weight excluding hydrogens is 262 g/mol. The van der Waals surface area contributed by atoms with Crippen LogP contribution in [0.25, 0.3) is 0 Å². The number of benzene rings is 1. The molecule has 1 aliphatic heterocycles. The first-order chi connectivity index (χ1) is 10.0. The van der Waals surface area contributed by atoms with E-state index in [4.69, 9.17) is 5.73 Å². The van der Waals surface area contributed by atoms with Gasteiger partial charge in [0.15, 0.2) is 0 Å². The molecule has 1 aliphatic rings. The number of carbonyl (C=O) groups is 1. The molecule has 21 heavy (non-hydrogen) atoms. The Morgan fingerprint density at radius 2 is 1.90 bits per heavy atom. The molecule has 0 aromatic heterocycles. The SMILES string of the molecule is CCCC(C)(N)C(=O)N1CCCN(c2ccccc2)CC1. The van der Waals surface area contributed by atoms with E-state index in [1.807, 2.05) is 17.9 Å². The highest BCUT2D eigenvalue weighted by molar-refractivity contribution is 5.85. The Hall–Kier alpha value is -1.55. The van der Waals surface area contributed by atoms with Crippen LogP contribution >= 0.6 is 0 Å². The number of hydrogen-bond donors (Lipinski definition) is 1. The molecule has 0 bridgehead atoms. The molecule has 1 heterocycles. The summed E-state index contributed by atoms with van der Waals surface area (Å²) in [6.07, 6.45) is 2.66. The highest BCUT2D eigenvalue weighted by Gasteiger charge is 2.32. The lowest BCUT2D eigenvalue weighted by Gasteiger charge is -2.31. The quantitative estimate of drug-likeness (QED) is 0.925. The molecule has 1 unspecified atom stereocenters. The highest BCUT2D eigenvalue weighted by atomic mass is 16.2. The Balaban J connectivity index is 1.99. The first-order valence-electron chi connectivity index (χ1n) is 7.93. The second-order valence-corrected chi connectivity index (χ2v) is 6.14. The van der Waals surface area contributed by atoms with Crippen LogP contribution in [0.2, 0.25) is 0 Å². The summed E-state index contributed by atoms with van der Waals surface area (Å²) in [5, 5.41) is 0. The van der Waals surface area contributed by atoms with Gasteiger partial charge in [0.2, 0.25) is 5.91 Å². The third kappa shape index (κ3) is 3.97. The largest absolute Gasteiger partial charge is 0.370 e. The van der Waals surface area contributed by atoms with Crippen LogP contribution in [-0.2, 0) is 4.79 Å². The Morgan fingerprint density at radius 1 is 1.19 bits per heavy atom. The first-order valence-corrected chi connectivity index (χ1v) is 7.93. The third-order valence-electron chi connectivity index (χ3n) is 4.16. The topological polar surface area (TPSA) is 49.6 Å². The molecule has 116 valence electrons. The average Bonchev–Trinajstić information content (AvgIpc) is 2.73. The molecule has 1 aromatic rings. The molecule has 4 nitrogen and oxygen atoms in total. The van der Waals surface area contributed by atoms with Crippen LogP contribution in [0, 0.1) is 0 Å². The van der Waals surface area contributed by atoms with Gasteiger partial charge in [0.25, 0.3) is 0 Å². The number of anilines is 1. The molecule has 2 rings (SSSR count). The Labute approximate surface area is 127 Å². The summed E-state index contributed by atoms with van der Waals surface area (Å²) >= 11 is 0. The van der Waals surface area contributed by atoms with E-state index >= 15 is 0 Å². The van der Waals surface area contributed by atoms with Gasteiger partial charge in [0, 0.05) is 31.9 Å². The van der Waals surface area contributed by atoms with Crippen molar-refractivity contribution in [1.29, 1.82) is 0 Å². The zero-order chi connectivity index (χ0) is 15.3. The van der Waals surface area contributed by atoms with Crippen LogP contribution in [0.4, 0.5) is 5.69 Å². The zero-order valence-electron chi connectivity index (χ0n) is 13.2. The van der Waals surface area contributed by atoms with Gasteiger partial charge in [-0.1, -0.05) is 31.5 Å². The van der Waals surface area contributed by atoms with E-state index in [2.05, 4.69) is 36.1 Å². The van der Waals surface area contributed by atoms with Crippen molar-refractivity contribution in [3.63, 3.8) is 0 Å². The number of nitrogens with two attached hydrogens (primary N) is 1. The molecular formula is C17H27N3O. The lowest BCUT2D eigenvalue weighted by Crippen LogP contribution is -2.54. The predicted molar refractivity (Wildman–Crippen MR) is 87.4 cm³/mol. The highest BCUT2D eigenvalue weighted by Crippen LogP contribution is 2.18. The van der Waals surface area contributed by atoms with Gasteiger partial charge in [-0.25, -0.2) is 0 Å². The van der Waals surface area contributed by atoms with Crippen molar-refractivity contribution in [3.8, 4) is 0 Å². The summed E-state index contributed by atoms with van der Waals surface area (Å²) in [5.74, 6) is 0.0965. The van der Waals surface area contributed by atoms with Crippen LogP contribution < -0.4 is 10.6 Å². The predicted octanol–water partition coefficient (Wildman–Crippen LogP) is 2.24. The molecule has 1 amide bonds. The van der Waals surface area contributed by atoms with Gasteiger partial charge in [0.1, 0.15) is 0 Å². The van der Waals surface area contributed by atoms with E-state index in [1.165, 1.54) is 5.69 Å². The number of hydrogen-bond acceptors (Lipinski definition) is 3. The van der Waals surface area contributed by atoms with E-state index in [9.17, 15) is 4.79 Å². The van der Waals surface area contributed by atoms with Crippen LogP contribution in [0.1, 0.15) is 33.1 Å². The maximum absolute atomic E-state index is 12.6. The van der Waals surface area contributed by atoms with Crippen molar-refractivity contribution >= 4 is 11.6 Å². The standard InChI is InChI=1S/C17H27N3O/c1-3-10-17(2,18)16(21)20-12-7-11-19(13-14-20)15-8-5-4-6-9-15/h4-6,8-9H,3,7,10-14,18H2,1-2H3. The van der Waals surface area contributed by atoms with Gasteiger partial charge in [-0.2, -0.15) is 0 Å². The van der Waals surface area contributed by atoms with Crippen molar-refractivity contribution in [3.05, 3.63) is 30.3 Å². The molecule has 2 N–H and O–H groups in total. The number of carbonyl (C=O) groups excluding carboxylic acids is 1. The summed E-state index contributed by atoms with van der Waals surface area (Å²) < 4.78 is 0. The van der Waals surface area contributed by atoms with Gasteiger partial charge in [-0.05, 0) is 31.9 Å². The number of para-hydroxylation sites is 1. The van der Waals surface area contributed by atoms with E-state index in [1.54, 1.807) is 0 Å². The average molecular weight is 289 g/mol.